The summed E-state index contributed by atoms with van der Waals surface area (Å²) in [6, 6.07) is 6.80. The van der Waals surface area contributed by atoms with Gasteiger partial charge in [-0.1, -0.05) is 18.2 Å². The highest BCUT2D eigenvalue weighted by Gasteiger charge is 2.18. The zero-order valence-electron chi connectivity index (χ0n) is 12.7. The number of amides is 2. The number of aromatic nitrogens is 2. The highest BCUT2D eigenvalue weighted by Crippen LogP contribution is 2.23. The molecule has 2 N–H and O–H groups in total. The summed E-state index contributed by atoms with van der Waals surface area (Å²) in [6.07, 6.45) is 4.89. The smallest absolute Gasteiger partial charge is 0.277 e. The number of para-hydroxylation sites is 1. The lowest BCUT2D eigenvalue weighted by atomic mass is 10.1. The van der Waals surface area contributed by atoms with Crippen LogP contribution < -0.4 is 10.6 Å². The number of nitrogens with zero attached hydrogens (tertiary/aromatic N) is 2. The molecule has 3 rings (SSSR count). The highest BCUT2D eigenvalue weighted by molar-refractivity contribution is 6.03. The molecule has 8 heteroatoms. The van der Waals surface area contributed by atoms with Gasteiger partial charge in [-0.15, -0.1) is 0 Å². The SMILES string of the molecule is C[C@H](NC(=O)c1cocn1)c1ccccc1NC(=O)c1cocn1. The number of carbonyl (C=O) groups excluding carboxylic acids is 2. The lowest BCUT2D eigenvalue weighted by Gasteiger charge is -2.17. The second-order valence-corrected chi connectivity index (χ2v) is 4.98. The molecule has 0 saturated carbocycles. The van der Waals surface area contributed by atoms with E-state index in [9.17, 15) is 9.59 Å². The number of hydrogen-bond acceptors (Lipinski definition) is 6. The molecule has 0 aliphatic carbocycles. The Morgan fingerprint density at radius 3 is 2.25 bits per heavy atom. The fourth-order valence-electron chi connectivity index (χ4n) is 2.17. The summed E-state index contributed by atoms with van der Waals surface area (Å²) in [5.74, 6) is -0.764. The van der Waals surface area contributed by atoms with Crippen LogP contribution in [-0.4, -0.2) is 21.8 Å². The summed E-state index contributed by atoms with van der Waals surface area (Å²) in [7, 11) is 0. The number of hydrogen-bond donors (Lipinski definition) is 2. The predicted octanol–water partition coefficient (Wildman–Crippen LogP) is 2.41. The average Bonchev–Trinajstić information content (AvgIpc) is 3.28. The van der Waals surface area contributed by atoms with Crippen molar-refractivity contribution in [2.75, 3.05) is 5.32 Å². The summed E-state index contributed by atoms with van der Waals surface area (Å²) in [4.78, 5) is 31.8. The van der Waals surface area contributed by atoms with Crippen molar-refractivity contribution in [2.24, 2.45) is 0 Å². The molecule has 122 valence electrons. The molecule has 0 spiro atoms. The van der Waals surface area contributed by atoms with Crippen LogP contribution in [0, 0.1) is 0 Å². The van der Waals surface area contributed by atoms with Crippen molar-refractivity contribution in [3.8, 4) is 0 Å². The zero-order valence-corrected chi connectivity index (χ0v) is 12.7. The second kappa shape index (κ2) is 6.78. The Labute approximate surface area is 136 Å². The number of anilines is 1. The van der Waals surface area contributed by atoms with E-state index < -0.39 is 5.91 Å². The lowest BCUT2D eigenvalue weighted by molar-refractivity contribution is 0.0934. The number of nitrogens with one attached hydrogen (secondary N) is 2. The Morgan fingerprint density at radius 1 is 1.00 bits per heavy atom. The second-order valence-electron chi connectivity index (χ2n) is 4.98. The van der Waals surface area contributed by atoms with Crippen LogP contribution >= 0.6 is 0 Å². The lowest BCUT2D eigenvalue weighted by Crippen LogP contribution is -2.27. The van der Waals surface area contributed by atoms with Crippen LogP contribution in [0.15, 0.2) is 58.4 Å². The first-order valence-corrected chi connectivity index (χ1v) is 7.12. The van der Waals surface area contributed by atoms with Crippen molar-refractivity contribution >= 4 is 17.5 Å². The van der Waals surface area contributed by atoms with Gasteiger partial charge >= 0.3 is 0 Å². The molecule has 0 saturated heterocycles. The highest BCUT2D eigenvalue weighted by atomic mass is 16.3. The van der Waals surface area contributed by atoms with E-state index in [1.165, 1.54) is 25.3 Å². The molecule has 2 amide bonds. The molecule has 0 aliphatic heterocycles. The summed E-state index contributed by atoms with van der Waals surface area (Å²) in [5.41, 5.74) is 1.67. The predicted molar refractivity (Wildman–Crippen MR) is 83.3 cm³/mol. The molecule has 1 aromatic carbocycles. The van der Waals surface area contributed by atoms with Gasteiger partial charge in [-0.2, -0.15) is 0 Å². The summed E-state index contributed by atoms with van der Waals surface area (Å²) in [6.45, 7) is 1.80. The van der Waals surface area contributed by atoms with Gasteiger partial charge in [0.05, 0.1) is 6.04 Å². The Bertz CT molecular complexity index is 828. The van der Waals surface area contributed by atoms with Crippen molar-refractivity contribution < 1.29 is 18.4 Å². The van der Waals surface area contributed by atoms with Crippen LogP contribution in [0.25, 0.3) is 0 Å². The van der Waals surface area contributed by atoms with Gasteiger partial charge in [0.15, 0.2) is 24.2 Å². The first-order valence-electron chi connectivity index (χ1n) is 7.12. The van der Waals surface area contributed by atoms with Crippen LogP contribution in [0.4, 0.5) is 5.69 Å². The Balaban J connectivity index is 1.76. The first kappa shape index (κ1) is 15.5. The molecule has 0 radical (unpaired) electrons. The van der Waals surface area contributed by atoms with E-state index in [-0.39, 0.29) is 23.3 Å². The maximum absolute atomic E-state index is 12.1. The minimum absolute atomic E-state index is 0.170. The van der Waals surface area contributed by atoms with Crippen molar-refractivity contribution in [2.45, 2.75) is 13.0 Å². The van der Waals surface area contributed by atoms with E-state index in [2.05, 4.69) is 20.6 Å². The number of carbonyl (C=O) groups is 2. The third kappa shape index (κ3) is 3.32. The minimum atomic E-state index is -0.397. The fraction of sp³-hybridized carbons (Fsp3) is 0.125. The van der Waals surface area contributed by atoms with Gasteiger partial charge in [0.25, 0.3) is 11.8 Å². The Morgan fingerprint density at radius 2 is 1.62 bits per heavy atom. The summed E-state index contributed by atoms with van der Waals surface area (Å²) < 4.78 is 9.60. The van der Waals surface area contributed by atoms with Crippen LogP contribution in [0.2, 0.25) is 0 Å². The van der Waals surface area contributed by atoms with Crippen LogP contribution in [0.3, 0.4) is 0 Å². The van der Waals surface area contributed by atoms with Crippen LogP contribution in [-0.2, 0) is 0 Å². The quantitative estimate of drug-likeness (QED) is 0.745. The number of benzene rings is 1. The fourth-order valence-corrected chi connectivity index (χ4v) is 2.17. The van der Waals surface area contributed by atoms with Gasteiger partial charge in [0.1, 0.15) is 12.5 Å². The van der Waals surface area contributed by atoms with Crippen molar-refractivity contribution in [1.29, 1.82) is 0 Å². The normalized spacial score (nSPS) is 11.7. The van der Waals surface area contributed by atoms with Gasteiger partial charge in [-0.25, -0.2) is 9.97 Å². The zero-order chi connectivity index (χ0) is 16.9. The number of rotatable bonds is 5. The van der Waals surface area contributed by atoms with Crippen LogP contribution in [0.1, 0.15) is 39.5 Å². The molecular weight excluding hydrogens is 312 g/mol. The Kier molecular flexibility index (Phi) is 4.37. The third-order valence-corrected chi connectivity index (χ3v) is 3.35. The van der Waals surface area contributed by atoms with Gasteiger partial charge in [0.2, 0.25) is 0 Å². The van der Waals surface area contributed by atoms with Gasteiger partial charge in [0, 0.05) is 5.69 Å². The topological polar surface area (TPSA) is 110 Å². The molecule has 0 bridgehead atoms. The largest absolute Gasteiger partial charge is 0.451 e. The molecule has 3 aromatic rings. The molecule has 1 atom stereocenters. The van der Waals surface area contributed by atoms with Gasteiger partial charge in [-0.05, 0) is 18.6 Å². The van der Waals surface area contributed by atoms with E-state index in [4.69, 9.17) is 8.83 Å². The number of oxazole rings is 2. The molecule has 8 nitrogen and oxygen atoms in total. The van der Waals surface area contributed by atoms with E-state index >= 15 is 0 Å². The first-order chi connectivity index (χ1) is 11.6. The summed E-state index contributed by atoms with van der Waals surface area (Å²) >= 11 is 0. The third-order valence-electron chi connectivity index (χ3n) is 3.35. The summed E-state index contributed by atoms with van der Waals surface area (Å²) in [5, 5.41) is 5.56. The van der Waals surface area contributed by atoms with E-state index in [1.807, 2.05) is 12.1 Å². The van der Waals surface area contributed by atoms with E-state index in [1.54, 1.807) is 19.1 Å². The van der Waals surface area contributed by atoms with Crippen molar-refractivity contribution in [3.63, 3.8) is 0 Å². The minimum Gasteiger partial charge on any atom is -0.451 e. The van der Waals surface area contributed by atoms with Gasteiger partial charge < -0.3 is 19.5 Å². The van der Waals surface area contributed by atoms with E-state index in [0.717, 1.165) is 5.56 Å². The molecule has 0 fully saturated rings. The molecule has 0 unspecified atom stereocenters. The molecule has 2 aromatic heterocycles. The molecular formula is C16H14N4O4. The van der Waals surface area contributed by atoms with Gasteiger partial charge in [-0.3, -0.25) is 9.59 Å². The standard InChI is InChI=1S/C16H14N4O4/c1-10(19-15(21)13-6-23-8-17-13)11-4-2-3-5-12(11)20-16(22)14-7-24-9-18-14/h2-10H,1H3,(H,19,21)(H,20,22)/t10-/m0/s1. The maximum Gasteiger partial charge on any atom is 0.277 e. The monoisotopic (exact) mass is 326 g/mol. The van der Waals surface area contributed by atoms with Crippen molar-refractivity contribution in [3.05, 3.63) is 66.5 Å². The average molecular weight is 326 g/mol. The van der Waals surface area contributed by atoms with E-state index in [0.29, 0.717) is 5.69 Å². The maximum atomic E-state index is 12.1. The van der Waals surface area contributed by atoms with Crippen LogP contribution in [0.5, 0.6) is 0 Å². The Hall–Kier alpha value is -3.42. The molecule has 2 heterocycles. The van der Waals surface area contributed by atoms with Crippen molar-refractivity contribution in [1.82, 2.24) is 15.3 Å². The molecule has 0 aliphatic rings. The molecule has 24 heavy (non-hydrogen) atoms.